The minimum absolute atomic E-state index is 0. The van der Waals surface area contributed by atoms with Gasteiger partial charge < -0.3 is 5.11 Å². The smallest absolute Gasteiger partial charge is 0.148 e. The molecule has 0 amide bonds. The third-order valence-electron chi connectivity index (χ3n) is 11.3. The summed E-state index contributed by atoms with van der Waals surface area (Å²) in [6.07, 6.45) is 1.70. The second-order valence-electron chi connectivity index (χ2n) is 16.8. The third kappa shape index (κ3) is 8.58. The number of hydrogen-bond donors (Lipinski definition) is 1. The fourth-order valence-electron chi connectivity index (χ4n) is 8.15. The Morgan fingerprint density at radius 3 is 1.98 bits per heavy atom. The van der Waals surface area contributed by atoms with Crippen molar-refractivity contribution < 1.29 is 42.6 Å². The second kappa shape index (κ2) is 17.1. The average Bonchev–Trinajstić information content (AvgIpc) is 3.73. The monoisotopic (exact) mass is 1010 g/mol. The zero-order chi connectivity index (χ0) is 53.3. The topological polar surface area (TPSA) is 50.9 Å². The van der Waals surface area contributed by atoms with Crippen molar-refractivity contribution in [3.63, 3.8) is 0 Å². The zero-order valence-corrected chi connectivity index (χ0v) is 37.5. The number of aromatic nitrogens is 3. The number of imidazole rings is 1. The van der Waals surface area contributed by atoms with Crippen molar-refractivity contribution in [1.29, 1.82) is 0 Å². The van der Waals surface area contributed by atoms with Gasteiger partial charge in [0.05, 0.1) is 22.3 Å². The molecular weight excluding hydrogens is 950 g/mol. The number of hydrogen-bond acceptors (Lipinski definition) is 3. The van der Waals surface area contributed by atoms with E-state index in [2.05, 4.69) is 6.07 Å². The number of para-hydroxylation sites is 1. The first-order valence-electron chi connectivity index (χ1n) is 26.5. The van der Waals surface area contributed by atoms with E-state index < -0.39 is 43.8 Å². The van der Waals surface area contributed by atoms with Gasteiger partial charge in [-0.15, -0.1) is 23.8 Å². The minimum Gasteiger partial charge on any atom is -0.507 e. The van der Waals surface area contributed by atoms with Crippen LogP contribution in [0.25, 0.3) is 83.9 Å². The van der Waals surface area contributed by atoms with Crippen LogP contribution in [0, 0.1) is 19.8 Å². The van der Waals surface area contributed by atoms with Gasteiger partial charge in [0.25, 0.3) is 0 Å². The molecule has 5 heteroatoms. The molecule has 0 unspecified atom stereocenters. The van der Waals surface area contributed by atoms with Gasteiger partial charge in [0.2, 0.25) is 0 Å². The maximum atomic E-state index is 12.4. The molecule has 316 valence electrons. The predicted molar refractivity (Wildman–Crippen MR) is 259 cm³/mol. The van der Waals surface area contributed by atoms with Crippen LogP contribution < -0.4 is 0 Å². The first-order valence-corrected chi connectivity index (χ1v) is 20.5. The van der Waals surface area contributed by atoms with E-state index in [-0.39, 0.29) is 32.4 Å². The van der Waals surface area contributed by atoms with Crippen molar-refractivity contribution in [2.24, 2.45) is 0 Å². The molecular formula is C58H52N3OPt-. The van der Waals surface area contributed by atoms with E-state index >= 15 is 0 Å². The van der Waals surface area contributed by atoms with E-state index in [1.807, 2.05) is 117 Å². The van der Waals surface area contributed by atoms with Gasteiger partial charge in [0.15, 0.2) is 0 Å². The number of benzene rings is 7. The van der Waals surface area contributed by atoms with E-state index in [0.29, 0.717) is 67.2 Å². The summed E-state index contributed by atoms with van der Waals surface area (Å²) in [5.41, 5.74) is 6.20. The van der Waals surface area contributed by atoms with Gasteiger partial charge in [-0.2, -0.15) is 0 Å². The van der Waals surface area contributed by atoms with Crippen LogP contribution in [0.2, 0.25) is 0 Å². The summed E-state index contributed by atoms with van der Waals surface area (Å²) in [5.74, 6) is 0.292. The maximum absolute atomic E-state index is 12.4. The van der Waals surface area contributed by atoms with E-state index in [1.165, 1.54) is 12.1 Å². The van der Waals surface area contributed by atoms with Crippen LogP contribution in [0.1, 0.15) is 80.0 Å². The van der Waals surface area contributed by atoms with Gasteiger partial charge in [-0.3, -0.25) is 9.55 Å². The Kier molecular flexibility index (Phi) is 8.31. The van der Waals surface area contributed by atoms with Crippen molar-refractivity contribution >= 4 is 11.0 Å². The van der Waals surface area contributed by atoms with Crippen molar-refractivity contribution in [2.75, 3.05) is 0 Å². The van der Waals surface area contributed by atoms with Gasteiger partial charge in [-0.25, -0.2) is 4.98 Å². The molecule has 7 aromatic carbocycles. The SMILES string of the molecule is [2H]C([2H])([2H])c1ccc(-c2ccnc(-c3[c-]c(-c4cccc5c4nc(-c4cc(C)cc(C(C)(C)C)c4O)n5-c4ccc(C(C([2H])([2H])[2H])(C([2H])([2H])[2H])C([2H])([2H])[2H])cc4-c4ccccc4)cc(-c4ccccc4)c3)c2)cc1.[Pt]. The van der Waals surface area contributed by atoms with Crippen LogP contribution >= 0.6 is 0 Å². The summed E-state index contributed by atoms with van der Waals surface area (Å²) in [6, 6.07) is 50.6. The number of phenolic OH excluding ortho intramolecular Hbond substituents is 1. The molecule has 0 bridgehead atoms. The first kappa shape index (κ1) is 30.7. The molecule has 0 spiro atoms. The molecule has 2 heterocycles. The Labute approximate surface area is 403 Å². The number of fused-ring (bicyclic) bond motifs is 1. The summed E-state index contributed by atoms with van der Waals surface area (Å²) in [4.78, 5) is 10.2. The molecule has 0 aliphatic rings. The number of phenols is 1. The molecule has 0 saturated carbocycles. The molecule has 2 aromatic heterocycles. The molecule has 1 N–H and O–H groups in total. The number of pyridine rings is 1. The fraction of sp³-hybridized carbons (Fsp3) is 0.172. The largest absolute Gasteiger partial charge is 0.507 e. The van der Waals surface area contributed by atoms with Crippen molar-refractivity contribution in [3.05, 3.63) is 192 Å². The maximum Gasteiger partial charge on any atom is 0.148 e. The Balaban J connectivity index is 0.00000747. The van der Waals surface area contributed by atoms with Gasteiger partial charge in [0, 0.05) is 60.5 Å². The standard InChI is InChI=1S/C58H52N3O.Pt/c1-37-22-24-40(25-23-37)42-28-29-59-51(35-42)45-33-43(39-16-11-9-12-17-39)32-44(34-45)47-20-15-21-53-54(47)60-56(49-30-38(2)31-50(55(49)62)58(6,7)8)61(53)52-27-26-46(57(3,4)5)36-48(52)41-18-13-10-14-19-41;/h9-33,35-36,62H,1-8H3;/q-1;/i1D3,3D3,4D3,5D3;. The third-order valence-corrected chi connectivity index (χ3v) is 11.3. The van der Waals surface area contributed by atoms with Crippen molar-refractivity contribution in [2.45, 2.75) is 65.9 Å². The van der Waals surface area contributed by atoms with Crippen molar-refractivity contribution in [3.8, 4) is 78.6 Å². The van der Waals surface area contributed by atoms with E-state index in [4.69, 9.17) is 26.4 Å². The van der Waals surface area contributed by atoms with Crippen LogP contribution in [0.4, 0.5) is 0 Å². The molecule has 9 rings (SSSR count). The summed E-state index contributed by atoms with van der Waals surface area (Å²) in [6.45, 7) is -4.84. The van der Waals surface area contributed by atoms with Gasteiger partial charge in [-0.05, 0) is 88.3 Å². The molecule has 0 aliphatic carbocycles. The second-order valence-corrected chi connectivity index (χ2v) is 16.8. The summed E-state index contributed by atoms with van der Waals surface area (Å²) >= 11 is 0. The Bertz CT molecular complexity index is 3520. The van der Waals surface area contributed by atoms with E-state index in [1.54, 1.807) is 66.9 Å². The summed E-state index contributed by atoms with van der Waals surface area (Å²) in [5, 5.41) is 12.4. The number of rotatable bonds is 7. The van der Waals surface area contributed by atoms with Crippen LogP contribution in [-0.4, -0.2) is 19.6 Å². The van der Waals surface area contributed by atoms with Crippen LogP contribution in [0.3, 0.4) is 0 Å². The summed E-state index contributed by atoms with van der Waals surface area (Å²) in [7, 11) is 0. The molecule has 0 aliphatic heterocycles. The molecule has 0 atom stereocenters. The average molecular weight is 1010 g/mol. The molecule has 9 aromatic rings. The molecule has 0 radical (unpaired) electrons. The Morgan fingerprint density at radius 2 is 1.29 bits per heavy atom. The number of nitrogens with zero attached hydrogens (tertiary/aromatic N) is 3. The van der Waals surface area contributed by atoms with E-state index in [0.717, 1.165) is 27.8 Å². The fourth-order valence-corrected chi connectivity index (χ4v) is 8.15. The quantitative estimate of drug-likeness (QED) is 0.162. The molecule has 4 nitrogen and oxygen atoms in total. The molecule has 0 fully saturated rings. The predicted octanol–water partition coefficient (Wildman–Crippen LogP) is 15.1. The van der Waals surface area contributed by atoms with Gasteiger partial charge in [0.1, 0.15) is 11.6 Å². The molecule has 0 saturated heterocycles. The normalized spacial score (nSPS) is 15.4. The van der Waals surface area contributed by atoms with Gasteiger partial charge in [-0.1, -0.05) is 179 Å². The Morgan fingerprint density at radius 1 is 0.587 bits per heavy atom. The summed E-state index contributed by atoms with van der Waals surface area (Å²) < 4.78 is 103. The van der Waals surface area contributed by atoms with Crippen LogP contribution in [0.15, 0.2) is 164 Å². The Hall–Kier alpha value is -6.35. The van der Waals surface area contributed by atoms with Crippen LogP contribution in [0.5, 0.6) is 5.75 Å². The minimum atomic E-state index is -3.51. The number of aryl methyl sites for hydroxylation is 2. The number of aromatic hydroxyl groups is 1. The zero-order valence-electron chi connectivity index (χ0n) is 47.2. The van der Waals surface area contributed by atoms with Crippen LogP contribution in [-0.2, 0) is 31.9 Å². The van der Waals surface area contributed by atoms with E-state index in [9.17, 15) is 5.11 Å². The first-order chi connectivity index (χ1) is 34.7. The molecule has 63 heavy (non-hydrogen) atoms. The van der Waals surface area contributed by atoms with Crippen molar-refractivity contribution in [1.82, 2.24) is 14.5 Å². The van der Waals surface area contributed by atoms with Gasteiger partial charge >= 0.3 is 0 Å².